The molecule has 0 aliphatic rings. The molecule has 16 heavy (non-hydrogen) atoms. The zero-order chi connectivity index (χ0) is 12.6. The maximum atomic E-state index is 11.3. The van der Waals surface area contributed by atoms with Gasteiger partial charge in [0.05, 0.1) is 0 Å². The van der Waals surface area contributed by atoms with Crippen molar-refractivity contribution in [3.8, 4) is 0 Å². The fraction of sp³-hybridized carbons (Fsp3) is 0.545. The lowest BCUT2D eigenvalue weighted by atomic mass is 9.93. The zero-order valence-corrected chi connectivity index (χ0v) is 11.1. The Balaban J connectivity index is 3.31. The molecule has 1 N–H and O–H groups in total. The van der Waals surface area contributed by atoms with Gasteiger partial charge >= 0.3 is 0 Å². The summed E-state index contributed by atoms with van der Waals surface area (Å²) in [7, 11) is -1.36. The van der Waals surface area contributed by atoms with E-state index in [0.717, 1.165) is 17.5 Å². The van der Waals surface area contributed by atoms with Crippen LogP contribution in [0.2, 0.25) is 0 Å². The summed E-state index contributed by atoms with van der Waals surface area (Å²) in [6, 6.07) is 3.37. The predicted molar refractivity (Wildman–Crippen MR) is 64.2 cm³/mol. The van der Waals surface area contributed by atoms with Crippen LogP contribution in [0.3, 0.4) is 0 Å². The van der Waals surface area contributed by atoms with Crippen molar-refractivity contribution < 1.29 is 8.42 Å². The number of sulfone groups is 1. The molecule has 1 rings (SSSR count). The van der Waals surface area contributed by atoms with E-state index in [2.05, 4.69) is 10.3 Å². The number of aryl methyl sites for hydroxylation is 1. The Bertz CT molecular complexity index is 493. The van der Waals surface area contributed by atoms with Crippen LogP contribution in [-0.4, -0.2) is 26.7 Å². The van der Waals surface area contributed by atoms with Crippen molar-refractivity contribution in [2.45, 2.75) is 31.3 Å². The van der Waals surface area contributed by atoms with Gasteiger partial charge in [0.1, 0.15) is 0 Å². The van der Waals surface area contributed by atoms with Crippen molar-refractivity contribution >= 4 is 9.84 Å². The second kappa shape index (κ2) is 4.14. The topological polar surface area (TPSA) is 59.1 Å². The highest BCUT2D eigenvalue weighted by Crippen LogP contribution is 2.23. The molecule has 0 saturated heterocycles. The van der Waals surface area contributed by atoms with Gasteiger partial charge in [0, 0.05) is 17.5 Å². The molecule has 0 unspecified atom stereocenters. The van der Waals surface area contributed by atoms with E-state index < -0.39 is 9.84 Å². The summed E-state index contributed by atoms with van der Waals surface area (Å²) < 4.78 is 22.7. The molecule has 90 valence electrons. The first-order valence-corrected chi connectivity index (χ1v) is 6.95. The first-order chi connectivity index (χ1) is 7.18. The van der Waals surface area contributed by atoms with Gasteiger partial charge in [0.2, 0.25) is 0 Å². The van der Waals surface area contributed by atoms with Crippen LogP contribution >= 0.6 is 0 Å². The highest BCUT2D eigenvalue weighted by atomic mass is 32.2. The van der Waals surface area contributed by atoms with Crippen molar-refractivity contribution in [2.75, 3.05) is 13.3 Å². The number of hydrogen-bond donors (Lipinski definition) is 1. The monoisotopic (exact) mass is 242 g/mol. The minimum absolute atomic E-state index is 0.126. The van der Waals surface area contributed by atoms with Gasteiger partial charge in [-0.3, -0.25) is 0 Å². The molecule has 0 spiro atoms. The number of rotatable bonds is 3. The first kappa shape index (κ1) is 13.1. The molecule has 1 heterocycles. The molecule has 4 nitrogen and oxygen atoms in total. The van der Waals surface area contributed by atoms with Crippen molar-refractivity contribution in [2.24, 2.45) is 0 Å². The van der Waals surface area contributed by atoms with E-state index in [9.17, 15) is 8.42 Å². The van der Waals surface area contributed by atoms with Crippen LogP contribution in [0.1, 0.15) is 25.1 Å². The van der Waals surface area contributed by atoms with Crippen LogP contribution < -0.4 is 5.32 Å². The lowest BCUT2D eigenvalue weighted by molar-refractivity contribution is 0.439. The highest BCUT2D eigenvalue weighted by molar-refractivity contribution is 7.90. The van der Waals surface area contributed by atoms with Crippen molar-refractivity contribution in [3.63, 3.8) is 0 Å². The molecule has 1 aromatic rings. The fourth-order valence-corrected chi connectivity index (χ4v) is 2.16. The normalized spacial score (nSPS) is 12.8. The third kappa shape index (κ3) is 2.59. The van der Waals surface area contributed by atoms with Gasteiger partial charge in [0.25, 0.3) is 0 Å². The van der Waals surface area contributed by atoms with E-state index in [1.165, 1.54) is 0 Å². The number of nitrogens with zero attached hydrogens (tertiary/aromatic N) is 1. The van der Waals surface area contributed by atoms with Gasteiger partial charge < -0.3 is 5.32 Å². The molecule has 0 bridgehead atoms. The smallest absolute Gasteiger partial charge is 0.192 e. The summed E-state index contributed by atoms with van der Waals surface area (Å²) in [5.74, 6) is 0. The summed E-state index contributed by atoms with van der Waals surface area (Å²) in [6.07, 6.45) is 1.16. The van der Waals surface area contributed by atoms with E-state index >= 15 is 0 Å². The predicted octanol–water partition coefficient (Wildman–Crippen LogP) is 1.25. The Labute approximate surface area is 97.0 Å². The zero-order valence-electron chi connectivity index (χ0n) is 10.3. The third-order valence-electron chi connectivity index (χ3n) is 2.74. The molecule has 0 amide bonds. The fourth-order valence-electron chi connectivity index (χ4n) is 1.54. The Morgan fingerprint density at radius 1 is 1.31 bits per heavy atom. The summed E-state index contributed by atoms with van der Waals surface area (Å²) in [5.41, 5.74) is 1.53. The Kier molecular flexibility index (Phi) is 3.40. The number of nitrogens with one attached hydrogen (secondary N) is 1. The van der Waals surface area contributed by atoms with Crippen LogP contribution in [-0.2, 0) is 15.4 Å². The molecule has 0 saturated carbocycles. The van der Waals surface area contributed by atoms with Gasteiger partial charge in [-0.15, -0.1) is 0 Å². The molecule has 0 fully saturated rings. The number of pyridine rings is 1. The first-order valence-electron chi connectivity index (χ1n) is 5.05. The maximum absolute atomic E-state index is 11.3. The molecule has 0 aliphatic heterocycles. The molecule has 0 radical (unpaired) electrons. The van der Waals surface area contributed by atoms with Crippen molar-refractivity contribution in [1.29, 1.82) is 0 Å². The molecule has 1 aromatic heterocycles. The summed E-state index contributed by atoms with van der Waals surface area (Å²) in [6.45, 7) is 5.87. The molecular weight excluding hydrogens is 224 g/mol. The van der Waals surface area contributed by atoms with Gasteiger partial charge in [-0.05, 0) is 39.4 Å². The Hall–Kier alpha value is -0.940. The lowest BCUT2D eigenvalue weighted by Gasteiger charge is -2.26. The molecule has 0 atom stereocenters. The van der Waals surface area contributed by atoms with E-state index in [-0.39, 0.29) is 10.6 Å². The van der Waals surface area contributed by atoms with Crippen molar-refractivity contribution in [1.82, 2.24) is 10.3 Å². The van der Waals surface area contributed by atoms with Crippen LogP contribution in [0.25, 0.3) is 0 Å². The van der Waals surface area contributed by atoms with Crippen molar-refractivity contribution in [3.05, 3.63) is 23.4 Å². The second-order valence-corrected chi connectivity index (χ2v) is 6.39. The quantitative estimate of drug-likeness (QED) is 0.866. The highest BCUT2D eigenvalue weighted by Gasteiger charge is 2.22. The van der Waals surface area contributed by atoms with Gasteiger partial charge in [0.15, 0.2) is 14.9 Å². The van der Waals surface area contributed by atoms with Crippen LogP contribution in [0, 0.1) is 6.92 Å². The largest absolute Gasteiger partial charge is 0.311 e. The van der Waals surface area contributed by atoms with E-state index in [1.54, 1.807) is 6.07 Å². The second-order valence-electron chi connectivity index (χ2n) is 4.43. The van der Waals surface area contributed by atoms with Gasteiger partial charge in [-0.2, -0.15) is 0 Å². The average molecular weight is 242 g/mol. The van der Waals surface area contributed by atoms with E-state index in [0.29, 0.717) is 0 Å². The Morgan fingerprint density at radius 2 is 1.88 bits per heavy atom. The lowest BCUT2D eigenvalue weighted by Crippen LogP contribution is -2.34. The minimum atomic E-state index is -3.23. The standard InChI is InChI=1S/C11H18N2O2S/c1-8-9(11(2,3)12-4)6-7-10(13-8)16(5,14)15/h6-7,12H,1-5H3. The third-order valence-corrected chi connectivity index (χ3v) is 3.73. The maximum Gasteiger partial charge on any atom is 0.192 e. The van der Waals surface area contributed by atoms with Crippen LogP contribution in [0.4, 0.5) is 0 Å². The minimum Gasteiger partial charge on any atom is -0.311 e. The SMILES string of the molecule is CNC(C)(C)c1ccc(S(C)(=O)=O)nc1C. The average Bonchev–Trinajstić information content (AvgIpc) is 2.16. The number of hydrogen-bond acceptors (Lipinski definition) is 4. The molecule has 0 aromatic carbocycles. The van der Waals surface area contributed by atoms with Gasteiger partial charge in [-0.1, -0.05) is 6.07 Å². The summed E-state index contributed by atoms with van der Waals surface area (Å²) in [5, 5.41) is 3.29. The summed E-state index contributed by atoms with van der Waals surface area (Å²) >= 11 is 0. The summed E-state index contributed by atoms with van der Waals surface area (Å²) in [4.78, 5) is 4.13. The van der Waals surface area contributed by atoms with Crippen LogP contribution in [0.5, 0.6) is 0 Å². The molecular formula is C11H18N2O2S. The van der Waals surface area contributed by atoms with E-state index in [1.807, 2.05) is 33.9 Å². The Morgan fingerprint density at radius 3 is 2.25 bits per heavy atom. The van der Waals surface area contributed by atoms with Crippen LogP contribution in [0.15, 0.2) is 17.2 Å². The molecule has 0 aliphatic carbocycles. The van der Waals surface area contributed by atoms with Gasteiger partial charge in [-0.25, -0.2) is 13.4 Å². The number of aromatic nitrogens is 1. The molecule has 5 heteroatoms. The van der Waals surface area contributed by atoms with E-state index in [4.69, 9.17) is 0 Å².